The zero-order valence-electron chi connectivity index (χ0n) is 17.4. The Labute approximate surface area is 189 Å². The van der Waals surface area contributed by atoms with Gasteiger partial charge in [-0.15, -0.1) is 0 Å². The van der Waals surface area contributed by atoms with Gasteiger partial charge in [0.1, 0.15) is 0 Å². The van der Waals surface area contributed by atoms with Gasteiger partial charge in [0.2, 0.25) is 0 Å². The number of rotatable bonds is 6. The third-order valence-corrected chi connectivity index (χ3v) is 7.42. The molecule has 0 aliphatic rings. The maximum absolute atomic E-state index is 13.0. The molecule has 0 bridgehead atoms. The zero-order chi connectivity index (χ0) is 22.9. The van der Waals surface area contributed by atoms with Crippen LogP contribution in [-0.4, -0.2) is 26.1 Å². The van der Waals surface area contributed by atoms with Gasteiger partial charge in [-0.1, -0.05) is 47.7 Å². The molecule has 9 heteroatoms. The van der Waals surface area contributed by atoms with Crippen LogP contribution in [0.5, 0.6) is 0 Å². The lowest BCUT2D eigenvalue weighted by atomic mass is 10.1. The van der Waals surface area contributed by atoms with Crippen molar-refractivity contribution in [2.45, 2.75) is 18.4 Å². The van der Waals surface area contributed by atoms with E-state index >= 15 is 0 Å². The second kappa shape index (κ2) is 8.60. The highest BCUT2D eigenvalue weighted by molar-refractivity contribution is 7.92. The van der Waals surface area contributed by atoms with E-state index in [0.29, 0.717) is 22.3 Å². The third kappa shape index (κ3) is 4.17. The molecule has 4 aromatic rings. The number of anilines is 1. The lowest BCUT2D eigenvalue weighted by Gasteiger charge is -2.13. The first kappa shape index (κ1) is 21.8. The molecule has 3 aromatic carbocycles. The molecule has 164 valence electrons. The van der Waals surface area contributed by atoms with Gasteiger partial charge in [0.05, 0.1) is 40.0 Å². The van der Waals surface area contributed by atoms with E-state index < -0.39 is 16.0 Å². The second-order valence-corrected chi connectivity index (χ2v) is 9.82. The van der Waals surface area contributed by atoms with Crippen molar-refractivity contribution in [1.82, 2.24) is 4.57 Å². The first-order valence-corrected chi connectivity index (χ1v) is 12.0. The molecule has 1 N–H and O–H groups in total. The number of carbonyl (C=O) groups is 1. The number of fused-ring (bicyclic) bond motifs is 1. The number of nitrogens with one attached hydrogen (secondary N) is 1. The van der Waals surface area contributed by atoms with E-state index in [0.717, 1.165) is 16.9 Å². The summed E-state index contributed by atoms with van der Waals surface area (Å²) in [6, 6.07) is 18.9. The maximum Gasteiger partial charge on any atom is 0.338 e. The van der Waals surface area contributed by atoms with Gasteiger partial charge in [-0.05, 0) is 48.4 Å². The summed E-state index contributed by atoms with van der Waals surface area (Å²) in [5.41, 5.74) is 2.67. The van der Waals surface area contributed by atoms with Gasteiger partial charge < -0.3 is 4.74 Å². The molecule has 0 amide bonds. The van der Waals surface area contributed by atoms with Crippen molar-refractivity contribution in [3.8, 4) is 0 Å². The van der Waals surface area contributed by atoms with Crippen molar-refractivity contribution in [2.75, 3.05) is 11.8 Å². The summed E-state index contributed by atoms with van der Waals surface area (Å²) in [5, 5.41) is 0. The molecule has 0 fully saturated rings. The standard InChI is InChI=1S/C23H20N2O5S2/c1-15-18(22(26)30-2)9-6-10-19(15)24-32(28,29)17-11-12-20-21(13-17)31-23(27)25(20)14-16-7-4-3-5-8-16/h3-13,24H,14H2,1-2H3. The van der Waals surface area contributed by atoms with Crippen LogP contribution in [0, 0.1) is 6.92 Å². The number of carbonyl (C=O) groups excluding carboxylic acids is 1. The Hall–Kier alpha value is -3.43. The normalized spacial score (nSPS) is 11.4. The molecule has 1 aromatic heterocycles. The molecular weight excluding hydrogens is 448 g/mol. The van der Waals surface area contributed by atoms with Crippen LogP contribution in [0.2, 0.25) is 0 Å². The van der Waals surface area contributed by atoms with Crippen LogP contribution in [0.25, 0.3) is 10.2 Å². The van der Waals surface area contributed by atoms with Crippen molar-refractivity contribution in [2.24, 2.45) is 0 Å². The largest absolute Gasteiger partial charge is 0.465 e. The van der Waals surface area contributed by atoms with Gasteiger partial charge in [-0.2, -0.15) is 0 Å². The number of thiazole rings is 1. The molecule has 0 aliphatic heterocycles. The molecular formula is C23H20N2O5S2. The molecule has 0 aliphatic carbocycles. The van der Waals surface area contributed by atoms with E-state index in [2.05, 4.69) is 4.72 Å². The average molecular weight is 469 g/mol. The van der Waals surface area contributed by atoms with Gasteiger partial charge in [0, 0.05) is 0 Å². The number of hydrogen-bond donors (Lipinski definition) is 1. The van der Waals surface area contributed by atoms with E-state index in [1.165, 1.54) is 19.2 Å². The Morgan fingerprint density at radius 2 is 1.81 bits per heavy atom. The van der Waals surface area contributed by atoms with Gasteiger partial charge in [0.15, 0.2) is 0 Å². The second-order valence-electron chi connectivity index (χ2n) is 7.14. The van der Waals surface area contributed by atoms with Crippen LogP contribution in [0.4, 0.5) is 5.69 Å². The van der Waals surface area contributed by atoms with E-state index in [4.69, 9.17) is 4.74 Å². The van der Waals surface area contributed by atoms with Crippen LogP contribution in [-0.2, 0) is 21.3 Å². The van der Waals surface area contributed by atoms with Crippen molar-refractivity contribution >= 4 is 43.2 Å². The van der Waals surface area contributed by atoms with Crippen LogP contribution in [0.1, 0.15) is 21.5 Å². The highest BCUT2D eigenvalue weighted by Crippen LogP contribution is 2.26. The number of sulfonamides is 1. The zero-order valence-corrected chi connectivity index (χ0v) is 19.0. The lowest BCUT2D eigenvalue weighted by molar-refractivity contribution is 0.0600. The predicted molar refractivity (Wildman–Crippen MR) is 125 cm³/mol. The summed E-state index contributed by atoms with van der Waals surface area (Å²) >= 11 is 1.00. The predicted octanol–water partition coefficient (Wildman–Crippen LogP) is 4.01. The molecule has 32 heavy (non-hydrogen) atoms. The van der Waals surface area contributed by atoms with Crippen LogP contribution < -0.4 is 9.60 Å². The summed E-state index contributed by atoms with van der Waals surface area (Å²) in [7, 11) is -2.68. The monoisotopic (exact) mass is 468 g/mol. The van der Waals surface area contributed by atoms with E-state index in [9.17, 15) is 18.0 Å². The molecule has 0 radical (unpaired) electrons. The van der Waals surface area contributed by atoms with Crippen LogP contribution in [0.3, 0.4) is 0 Å². The molecule has 0 spiro atoms. The Balaban J connectivity index is 1.68. The Morgan fingerprint density at radius 3 is 2.53 bits per heavy atom. The lowest BCUT2D eigenvalue weighted by Crippen LogP contribution is -2.15. The fourth-order valence-electron chi connectivity index (χ4n) is 3.41. The maximum atomic E-state index is 13.0. The number of benzene rings is 3. The van der Waals surface area contributed by atoms with Gasteiger partial charge in [-0.3, -0.25) is 14.1 Å². The number of aromatic nitrogens is 1. The number of ether oxygens (including phenoxy) is 1. The van der Waals surface area contributed by atoms with E-state index in [1.807, 2.05) is 30.3 Å². The summed E-state index contributed by atoms with van der Waals surface area (Å²) in [6.07, 6.45) is 0. The summed E-state index contributed by atoms with van der Waals surface area (Å²) in [5.74, 6) is -0.547. The van der Waals surface area contributed by atoms with Crippen LogP contribution >= 0.6 is 11.3 Å². The average Bonchev–Trinajstić information content (AvgIpc) is 3.09. The van der Waals surface area contributed by atoms with E-state index in [-0.39, 0.29) is 21.0 Å². The van der Waals surface area contributed by atoms with E-state index in [1.54, 1.807) is 35.8 Å². The summed E-state index contributed by atoms with van der Waals surface area (Å²) in [6.45, 7) is 2.05. The molecule has 0 unspecified atom stereocenters. The number of methoxy groups -OCH3 is 1. The molecule has 0 atom stereocenters. The van der Waals surface area contributed by atoms with Crippen molar-refractivity contribution in [1.29, 1.82) is 0 Å². The SMILES string of the molecule is COC(=O)c1cccc(NS(=O)(=O)c2ccc3c(c2)sc(=O)n3Cc2ccccc2)c1C. The minimum Gasteiger partial charge on any atom is -0.465 e. The number of hydrogen-bond acceptors (Lipinski definition) is 6. The highest BCUT2D eigenvalue weighted by atomic mass is 32.2. The van der Waals surface area contributed by atoms with Crippen molar-refractivity contribution in [3.63, 3.8) is 0 Å². The smallest absolute Gasteiger partial charge is 0.338 e. The molecule has 4 rings (SSSR count). The van der Waals surface area contributed by atoms with Gasteiger partial charge in [-0.25, -0.2) is 13.2 Å². The molecule has 1 heterocycles. The van der Waals surface area contributed by atoms with Crippen molar-refractivity contribution < 1.29 is 17.9 Å². The topological polar surface area (TPSA) is 94.5 Å². The first-order chi connectivity index (χ1) is 15.3. The highest BCUT2D eigenvalue weighted by Gasteiger charge is 2.20. The number of esters is 1. The third-order valence-electron chi connectivity index (χ3n) is 5.12. The molecule has 7 nitrogen and oxygen atoms in total. The fourth-order valence-corrected chi connectivity index (χ4v) is 5.56. The van der Waals surface area contributed by atoms with Gasteiger partial charge >= 0.3 is 10.8 Å². The van der Waals surface area contributed by atoms with Crippen molar-refractivity contribution in [3.05, 3.63) is 93.1 Å². The first-order valence-electron chi connectivity index (χ1n) is 9.68. The molecule has 0 saturated carbocycles. The molecule has 0 saturated heterocycles. The summed E-state index contributed by atoms with van der Waals surface area (Å²) in [4.78, 5) is 24.3. The van der Waals surface area contributed by atoms with Crippen LogP contribution in [0.15, 0.2) is 76.4 Å². The Morgan fingerprint density at radius 1 is 1.06 bits per heavy atom. The minimum atomic E-state index is -3.95. The Bertz CT molecular complexity index is 1470. The fraction of sp³-hybridized carbons (Fsp3) is 0.130. The minimum absolute atomic E-state index is 0.0287. The Kier molecular flexibility index (Phi) is 5.86. The number of nitrogens with zero attached hydrogens (tertiary/aromatic N) is 1. The quantitative estimate of drug-likeness (QED) is 0.432. The van der Waals surface area contributed by atoms with Gasteiger partial charge in [0.25, 0.3) is 10.0 Å². The summed E-state index contributed by atoms with van der Waals surface area (Å²) < 4.78 is 35.5.